The summed E-state index contributed by atoms with van der Waals surface area (Å²) in [7, 11) is 1.69. The number of nitrogens with one attached hydrogen (secondary N) is 2. The first-order valence-corrected chi connectivity index (χ1v) is 10.0. The number of likely N-dealkylation sites (tertiary alicyclic amines) is 1. The lowest BCUT2D eigenvalue weighted by atomic mass is 10.0. The van der Waals surface area contributed by atoms with E-state index in [1.165, 1.54) is 12.8 Å². The maximum atomic E-state index is 6.32. The van der Waals surface area contributed by atoms with Crippen molar-refractivity contribution in [3.05, 3.63) is 33.8 Å². The van der Waals surface area contributed by atoms with Crippen molar-refractivity contribution in [2.24, 2.45) is 5.10 Å². The second-order valence-corrected chi connectivity index (χ2v) is 7.45. The summed E-state index contributed by atoms with van der Waals surface area (Å²) in [5.74, 6) is 0. The molecule has 1 unspecified atom stereocenters. The maximum Gasteiger partial charge on any atom is 0.186 e. The van der Waals surface area contributed by atoms with Crippen molar-refractivity contribution in [1.82, 2.24) is 15.6 Å². The fourth-order valence-electron chi connectivity index (χ4n) is 2.91. The van der Waals surface area contributed by atoms with Crippen LogP contribution in [0.5, 0.6) is 0 Å². The number of piperidine rings is 1. The van der Waals surface area contributed by atoms with Gasteiger partial charge in [0.15, 0.2) is 5.11 Å². The van der Waals surface area contributed by atoms with Gasteiger partial charge >= 0.3 is 0 Å². The largest absolute Gasteiger partial charge is 0.385 e. The Balaban J connectivity index is 1.87. The predicted octanol–water partition coefficient (Wildman–Crippen LogP) is 3.83. The molecule has 1 saturated heterocycles. The molecule has 26 heavy (non-hydrogen) atoms. The molecule has 0 bridgehead atoms. The van der Waals surface area contributed by atoms with Crippen LogP contribution in [0.1, 0.15) is 31.2 Å². The van der Waals surface area contributed by atoms with Gasteiger partial charge in [-0.25, -0.2) is 0 Å². The number of hydrogen-bond acceptors (Lipinski definition) is 4. The first-order valence-electron chi connectivity index (χ1n) is 8.84. The number of ether oxygens (including phenoxy) is 1. The number of benzene rings is 1. The lowest BCUT2D eigenvalue weighted by Crippen LogP contribution is -2.41. The molecule has 2 N–H and O–H groups in total. The third-order valence-corrected chi connectivity index (χ3v) is 5.25. The van der Waals surface area contributed by atoms with Crippen molar-refractivity contribution in [2.75, 3.05) is 26.8 Å². The van der Waals surface area contributed by atoms with Crippen LogP contribution in [0.15, 0.2) is 23.3 Å². The fourth-order valence-corrected chi connectivity index (χ4v) is 3.58. The summed E-state index contributed by atoms with van der Waals surface area (Å²) in [5, 5.41) is 9.35. The highest BCUT2D eigenvalue weighted by Gasteiger charge is 2.22. The van der Waals surface area contributed by atoms with Crippen LogP contribution in [0.2, 0.25) is 10.0 Å². The molecular formula is C18H26Cl2N4OS. The van der Waals surface area contributed by atoms with Gasteiger partial charge in [0.2, 0.25) is 0 Å². The van der Waals surface area contributed by atoms with E-state index in [1.54, 1.807) is 7.11 Å². The Morgan fingerprint density at radius 2 is 2.15 bits per heavy atom. The molecule has 1 aromatic rings. The third-order valence-electron chi connectivity index (χ3n) is 4.31. The predicted molar refractivity (Wildman–Crippen MR) is 113 cm³/mol. The van der Waals surface area contributed by atoms with E-state index in [0.29, 0.717) is 21.8 Å². The number of hydrazone groups is 1. The van der Waals surface area contributed by atoms with Gasteiger partial charge in [0.05, 0.1) is 0 Å². The summed E-state index contributed by atoms with van der Waals surface area (Å²) in [5.41, 5.74) is 3.86. The summed E-state index contributed by atoms with van der Waals surface area (Å²) in [6.45, 7) is 3.18. The molecule has 1 atom stereocenters. The van der Waals surface area contributed by atoms with E-state index < -0.39 is 0 Å². The number of methoxy groups -OCH3 is 1. The summed E-state index contributed by atoms with van der Waals surface area (Å²) < 4.78 is 5.00. The van der Waals surface area contributed by atoms with E-state index >= 15 is 0 Å². The molecule has 8 heteroatoms. The summed E-state index contributed by atoms with van der Waals surface area (Å²) >= 11 is 17.9. The zero-order chi connectivity index (χ0) is 18.8. The van der Waals surface area contributed by atoms with Gasteiger partial charge in [-0.2, -0.15) is 5.10 Å². The van der Waals surface area contributed by atoms with Gasteiger partial charge in [0.25, 0.3) is 0 Å². The average molecular weight is 417 g/mol. The maximum absolute atomic E-state index is 6.32. The van der Waals surface area contributed by atoms with Crippen molar-refractivity contribution >= 4 is 46.7 Å². The van der Waals surface area contributed by atoms with Gasteiger partial charge in [0.1, 0.15) is 0 Å². The Bertz CT molecular complexity index is 595. The molecule has 0 aliphatic carbocycles. The van der Waals surface area contributed by atoms with Gasteiger partial charge in [-0.15, -0.1) is 0 Å². The van der Waals surface area contributed by atoms with Crippen molar-refractivity contribution in [3.63, 3.8) is 0 Å². The molecule has 0 spiro atoms. The third kappa shape index (κ3) is 7.00. The minimum atomic E-state index is 0.236. The van der Waals surface area contributed by atoms with Crippen molar-refractivity contribution in [2.45, 2.75) is 38.3 Å². The summed E-state index contributed by atoms with van der Waals surface area (Å²) in [6.07, 6.45) is 6.23. The zero-order valence-electron chi connectivity index (χ0n) is 15.0. The van der Waals surface area contributed by atoms with Crippen LogP contribution in [0.4, 0.5) is 0 Å². The van der Waals surface area contributed by atoms with Crippen molar-refractivity contribution in [3.8, 4) is 0 Å². The van der Waals surface area contributed by atoms with E-state index in [1.807, 2.05) is 24.4 Å². The standard InChI is InChI=1S/C18H26Cl2N4OS/c1-25-11-5-9-21-18(26)23-22-12-14-6-2-3-10-24(14)13-15-16(19)7-4-8-17(15)20/h4,7-8,12,14H,2-3,5-6,9-11,13H2,1H3,(H2,21,23,26)/b22-12+. The lowest BCUT2D eigenvalue weighted by molar-refractivity contribution is 0.187. The summed E-state index contributed by atoms with van der Waals surface area (Å²) in [6, 6.07) is 5.86. The molecule has 2 rings (SSSR count). The molecule has 144 valence electrons. The molecule has 1 aliphatic rings. The molecule has 0 aromatic heterocycles. The Morgan fingerprint density at radius 3 is 2.88 bits per heavy atom. The van der Waals surface area contributed by atoms with Crippen LogP contribution in [0.25, 0.3) is 0 Å². The number of halogens is 2. The lowest BCUT2D eigenvalue weighted by Gasteiger charge is -2.33. The SMILES string of the molecule is COCCCNC(=S)N/N=C/C1CCCCN1Cc1c(Cl)cccc1Cl. The number of nitrogens with zero attached hydrogens (tertiary/aromatic N) is 2. The smallest absolute Gasteiger partial charge is 0.186 e. The molecular weight excluding hydrogens is 391 g/mol. The number of thiocarbonyl (C=S) groups is 1. The monoisotopic (exact) mass is 416 g/mol. The van der Waals surface area contributed by atoms with Crippen LogP contribution >= 0.6 is 35.4 Å². The second kappa shape index (κ2) is 11.7. The quantitative estimate of drug-likeness (QED) is 0.291. The highest BCUT2D eigenvalue weighted by atomic mass is 35.5. The molecule has 5 nitrogen and oxygen atoms in total. The molecule has 1 aromatic carbocycles. The summed E-state index contributed by atoms with van der Waals surface area (Å²) in [4.78, 5) is 2.36. The molecule has 0 amide bonds. The van der Waals surface area contributed by atoms with Gasteiger partial charge < -0.3 is 10.1 Å². The van der Waals surface area contributed by atoms with Crippen LogP contribution in [-0.4, -0.2) is 49.1 Å². The molecule has 0 radical (unpaired) electrons. The van der Waals surface area contributed by atoms with E-state index in [-0.39, 0.29) is 6.04 Å². The normalized spacial score (nSPS) is 18.2. The Kier molecular flexibility index (Phi) is 9.64. The highest BCUT2D eigenvalue weighted by Crippen LogP contribution is 2.28. The van der Waals surface area contributed by atoms with E-state index in [2.05, 4.69) is 20.7 Å². The van der Waals surface area contributed by atoms with Gasteiger partial charge in [0, 0.05) is 54.7 Å². The van der Waals surface area contributed by atoms with Crippen LogP contribution < -0.4 is 10.7 Å². The second-order valence-electron chi connectivity index (χ2n) is 6.23. The highest BCUT2D eigenvalue weighted by molar-refractivity contribution is 7.80. The van der Waals surface area contributed by atoms with Gasteiger partial charge in [-0.3, -0.25) is 10.3 Å². The average Bonchev–Trinajstić information content (AvgIpc) is 2.63. The topological polar surface area (TPSA) is 48.9 Å². The molecule has 1 heterocycles. The number of hydrogen-bond donors (Lipinski definition) is 2. The van der Waals surface area contributed by atoms with E-state index in [4.69, 9.17) is 40.2 Å². The number of rotatable bonds is 8. The van der Waals surface area contributed by atoms with Crippen molar-refractivity contribution < 1.29 is 4.74 Å². The first-order chi connectivity index (χ1) is 12.6. The van der Waals surface area contributed by atoms with Gasteiger partial charge in [-0.1, -0.05) is 35.7 Å². The fraction of sp³-hybridized carbons (Fsp3) is 0.556. The van der Waals surface area contributed by atoms with Crippen LogP contribution in [0.3, 0.4) is 0 Å². The van der Waals surface area contributed by atoms with Crippen LogP contribution in [-0.2, 0) is 11.3 Å². The Morgan fingerprint density at radius 1 is 1.38 bits per heavy atom. The van der Waals surface area contributed by atoms with Crippen molar-refractivity contribution in [1.29, 1.82) is 0 Å². The van der Waals surface area contributed by atoms with E-state index in [9.17, 15) is 0 Å². The molecule has 0 saturated carbocycles. The first kappa shape index (κ1) is 21.4. The van der Waals surface area contributed by atoms with Crippen LogP contribution in [0, 0.1) is 0 Å². The van der Waals surface area contributed by atoms with Gasteiger partial charge in [-0.05, 0) is 50.2 Å². The Hall–Kier alpha value is -0.920. The molecule has 1 aliphatic heterocycles. The van der Waals surface area contributed by atoms with E-state index in [0.717, 1.165) is 38.0 Å². The Labute approximate surface area is 171 Å². The minimum Gasteiger partial charge on any atom is -0.385 e. The molecule has 1 fully saturated rings. The zero-order valence-corrected chi connectivity index (χ0v) is 17.3. The minimum absolute atomic E-state index is 0.236.